The Labute approximate surface area is 141 Å². The Hall–Kier alpha value is -1.69. The van der Waals surface area contributed by atoms with Crippen LogP contribution in [0.2, 0.25) is 0 Å². The summed E-state index contributed by atoms with van der Waals surface area (Å²) >= 11 is 5.38. The molecule has 6 heteroatoms. The van der Waals surface area contributed by atoms with Crippen molar-refractivity contribution in [1.82, 2.24) is 4.98 Å². The lowest BCUT2D eigenvalue weighted by Gasteiger charge is -2.07. The van der Waals surface area contributed by atoms with Crippen molar-refractivity contribution in [2.75, 3.05) is 13.2 Å². The summed E-state index contributed by atoms with van der Waals surface area (Å²) in [5, 5.41) is 0. The van der Waals surface area contributed by atoms with Gasteiger partial charge in [-0.2, -0.15) is 0 Å². The minimum atomic E-state index is 0.195. The second-order valence-electron chi connectivity index (χ2n) is 6.76. The molecule has 2 atom stereocenters. The Kier molecular flexibility index (Phi) is 4.53. The predicted octanol–water partition coefficient (Wildman–Crippen LogP) is 3.35. The van der Waals surface area contributed by atoms with Gasteiger partial charge in [-0.15, -0.1) is 0 Å². The number of ether oxygens (including phenoxy) is 2. The number of aliphatic imine (C=N–C) groups is 2. The molecule has 124 valence electrons. The maximum absolute atomic E-state index is 5.74. The topological polar surface area (TPSA) is 59.0 Å². The molecule has 0 spiro atoms. The Bertz CT molecular complexity index is 651. The fourth-order valence-corrected chi connectivity index (χ4v) is 2.77. The highest BCUT2D eigenvalue weighted by Crippen LogP contribution is 2.20. The summed E-state index contributed by atoms with van der Waals surface area (Å²) in [7, 11) is 0. The number of nitrogens with zero attached hydrogens (tertiary/aromatic N) is 2. The molecule has 0 radical (unpaired) electrons. The van der Waals surface area contributed by atoms with Crippen LogP contribution in [0, 0.1) is 16.3 Å². The van der Waals surface area contributed by atoms with Crippen LogP contribution in [0.1, 0.15) is 39.1 Å². The highest BCUT2D eigenvalue weighted by molar-refractivity contribution is 7.71. The zero-order valence-electron chi connectivity index (χ0n) is 14.0. The zero-order chi connectivity index (χ0) is 16.6. The van der Waals surface area contributed by atoms with E-state index in [1.807, 2.05) is 12.1 Å². The molecule has 1 aromatic heterocycles. The summed E-state index contributed by atoms with van der Waals surface area (Å²) in [6.07, 6.45) is 0. The molecule has 0 saturated heterocycles. The molecule has 5 nitrogen and oxygen atoms in total. The van der Waals surface area contributed by atoms with Crippen molar-refractivity contribution in [2.45, 2.75) is 39.8 Å². The van der Waals surface area contributed by atoms with Crippen LogP contribution in [-0.2, 0) is 9.47 Å². The van der Waals surface area contributed by atoms with Gasteiger partial charge in [-0.05, 0) is 24.0 Å². The maximum atomic E-state index is 5.74. The molecule has 0 bridgehead atoms. The van der Waals surface area contributed by atoms with E-state index >= 15 is 0 Å². The molecule has 2 aliphatic rings. The molecule has 3 heterocycles. The molecule has 23 heavy (non-hydrogen) atoms. The third-order valence-corrected chi connectivity index (χ3v) is 4.43. The van der Waals surface area contributed by atoms with Gasteiger partial charge in [0.25, 0.3) is 0 Å². The lowest BCUT2D eigenvalue weighted by Crippen LogP contribution is -2.13. The molecular weight excluding hydrogens is 310 g/mol. The smallest absolute Gasteiger partial charge is 0.233 e. The quantitative estimate of drug-likeness (QED) is 0.860. The predicted molar refractivity (Wildman–Crippen MR) is 93.9 cm³/mol. The average molecular weight is 333 g/mol. The Morgan fingerprint density at radius 1 is 0.957 bits per heavy atom. The lowest BCUT2D eigenvalue weighted by molar-refractivity contribution is 0.290. The third-order valence-electron chi connectivity index (χ3n) is 4.19. The van der Waals surface area contributed by atoms with E-state index in [2.05, 4.69) is 42.7 Å². The first-order valence-corrected chi connectivity index (χ1v) is 8.51. The molecule has 0 aliphatic carbocycles. The van der Waals surface area contributed by atoms with Crippen molar-refractivity contribution in [3.63, 3.8) is 0 Å². The van der Waals surface area contributed by atoms with Crippen LogP contribution in [0.4, 0.5) is 0 Å². The molecule has 3 rings (SSSR count). The number of pyridine rings is 1. The SMILES string of the molecule is CC(C)[C@H]1COC(c2cc(=S)cc(C3=N[C@@H](C(C)C)CO3)[nH]2)=N1. The fourth-order valence-electron chi connectivity index (χ4n) is 2.53. The van der Waals surface area contributed by atoms with Crippen LogP contribution in [0.25, 0.3) is 0 Å². The molecule has 2 aliphatic heterocycles. The van der Waals surface area contributed by atoms with Crippen molar-refractivity contribution >= 4 is 24.0 Å². The number of aromatic amines is 1. The summed E-state index contributed by atoms with van der Waals surface area (Å²) in [6, 6.07) is 4.13. The minimum Gasteiger partial charge on any atom is -0.474 e. The van der Waals surface area contributed by atoms with Crippen LogP contribution in [0.5, 0.6) is 0 Å². The van der Waals surface area contributed by atoms with Gasteiger partial charge >= 0.3 is 0 Å². The number of aromatic nitrogens is 1. The van der Waals surface area contributed by atoms with Gasteiger partial charge in [-0.25, -0.2) is 9.98 Å². The largest absolute Gasteiger partial charge is 0.474 e. The van der Waals surface area contributed by atoms with Gasteiger partial charge < -0.3 is 14.5 Å². The monoisotopic (exact) mass is 333 g/mol. The van der Waals surface area contributed by atoms with Crippen molar-refractivity contribution in [1.29, 1.82) is 0 Å². The van der Waals surface area contributed by atoms with E-state index in [-0.39, 0.29) is 12.1 Å². The number of hydrogen-bond donors (Lipinski definition) is 1. The minimum absolute atomic E-state index is 0.195. The van der Waals surface area contributed by atoms with E-state index in [4.69, 9.17) is 21.7 Å². The average Bonchev–Trinajstić information content (AvgIpc) is 3.16. The van der Waals surface area contributed by atoms with Crippen molar-refractivity contribution in [3.8, 4) is 0 Å². The highest BCUT2D eigenvalue weighted by atomic mass is 32.1. The number of nitrogens with one attached hydrogen (secondary N) is 1. The molecule has 0 unspecified atom stereocenters. The number of hydrogen-bond acceptors (Lipinski definition) is 5. The zero-order valence-corrected chi connectivity index (χ0v) is 14.8. The standard InChI is InChI=1S/C17H23N3O2S/c1-9(2)14-7-21-16(19-14)12-5-11(23)6-13(18-12)17-20-15(8-22-17)10(3)4/h5-6,9-10,14-15H,7-8H2,1-4H3,(H,18,23)/t14-,15-/m1/s1. The lowest BCUT2D eigenvalue weighted by atomic mass is 10.1. The first-order chi connectivity index (χ1) is 10.9. The molecule has 0 fully saturated rings. The van der Waals surface area contributed by atoms with Crippen LogP contribution in [-0.4, -0.2) is 42.1 Å². The summed E-state index contributed by atoms with van der Waals surface area (Å²) in [6.45, 7) is 9.81. The van der Waals surface area contributed by atoms with Gasteiger partial charge in [0, 0.05) is 4.51 Å². The molecule has 0 saturated carbocycles. The highest BCUT2D eigenvalue weighted by Gasteiger charge is 2.26. The second-order valence-corrected chi connectivity index (χ2v) is 7.23. The van der Waals surface area contributed by atoms with E-state index in [9.17, 15) is 0 Å². The first kappa shape index (κ1) is 16.2. The number of rotatable bonds is 4. The normalized spacial score (nSPS) is 23.7. The van der Waals surface area contributed by atoms with Crippen LogP contribution >= 0.6 is 12.2 Å². The van der Waals surface area contributed by atoms with Crippen LogP contribution < -0.4 is 0 Å². The van der Waals surface area contributed by atoms with Gasteiger partial charge in [0.15, 0.2) is 0 Å². The van der Waals surface area contributed by atoms with Crippen LogP contribution in [0.15, 0.2) is 22.1 Å². The summed E-state index contributed by atoms with van der Waals surface area (Å²) in [5.74, 6) is 2.15. The van der Waals surface area contributed by atoms with Gasteiger partial charge in [-0.3, -0.25) is 0 Å². The Morgan fingerprint density at radius 3 is 1.74 bits per heavy atom. The summed E-state index contributed by atoms with van der Waals surface area (Å²) in [5.41, 5.74) is 1.57. The van der Waals surface area contributed by atoms with Crippen molar-refractivity contribution in [2.24, 2.45) is 21.8 Å². The van der Waals surface area contributed by atoms with E-state index < -0.39 is 0 Å². The summed E-state index contributed by atoms with van der Waals surface area (Å²) in [4.78, 5) is 12.6. The molecular formula is C17H23N3O2S. The Balaban J connectivity index is 1.91. The van der Waals surface area contributed by atoms with Gasteiger partial charge in [0.2, 0.25) is 11.8 Å². The van der Waals surface area contributed by atoms with E-state index in [0.717, 1.165) is 11.4 Å². The van der Waals surface area contributed by atoms with E-state index in [0.29, 0.717) is 41.4 Å². The fraction of sp³-hybridized carbons (Fsp3) is 0.588. The van der Waals surface area contributed by atoms with Gasteiger partial charge in [-0.1, -0.05) is 39.9 Å². The summed E-state index contributed by atoms with van der Waals surface area (Å²) < 4.78 is 12.2. The van der Waals surface area contributed by atoms with Crippen molar-refractivity contribution < 1.29 is 9.47 Å². The van der Waals surface area contributed by atoms with Gasteiger partial charge in [0.05, 0.1) is 12.1 Å². The van der Waals surface area contributed by atoms with E-state index in [1.165, 1.54) is 0 Å². The molecule has 0 amide bonds. The third kappa shape index (κ3) is 3.47. The molecule has 1 aromatic rings. The van der Waals surface area contributed by atoms with Gasteiger partial charge in [0.1, 0.15) is 24.6 Å². The van der Waals surface area contributed by atoms with E-state index in [1.54, 1.807) is 0 Å². The molecule has 1 N–H and O–H groups in total. The second kappa shape index (κ2) is 6.43. The van der Waals surface area contributed by atoms with Crippen molar-refractivity contribution in [3.05, 3.63) is 28.0 Å². The van der Waals surface area contributed by atoms with Crippen LogP contribution in [0.3, 0.4) is 0 Å². The first-order valence-electron chi connectivity index (χ1n) is 8.10. The number of H-pyrrole nitrogens is 1. The maximum Gasteiger partial charge on any atom is 0.233 e. The Morgan fingerprint density at radius 2 is 1.39 bits per heavy atom. The molecule has 0 aromatic carbocycles.